The lowest BCUT2D eigenvalue weighted by Gasteiger charge is -2.10. The van der Waals surface area contributed by atoms with Crippen LogP contribution in [0.2, 0.25) is 0 Å². The van der Waals surface area contributed by atoms with Gasteiger partial charge in [0, 0.05) is 23.5 Å². The average molecular weight is 338 g/mol. The van der Waals surface area contributed by atoms with Crippen molar-refractivity contribution in [2.75, 3.05) is 6.61 Å². The molecule has 2 aromatic heterocycles. The van der Waals surface area contributed by atoms with Crippen LogP contribution in [0.4, 0.5) is 0 Å². The zero-order chi connectivity index (χ0) is 16.6. The fourth-order valence-electron chi connectivity index (χ4n) is 2.23. The minimum Gasteiger partial charge on any atom is -0.508 e. The van der Waals surface area contributed by atoms with Gasteiger partial charge in [0.15, 0.2) is 5.75 Å². The Labute approximate surface area is 145 Å². The van der Waals surface area contributed by atoms with Gasteiger partial charge in [-0.05, 0) is 60.9 Å². The van der Waals surface area contributed by atoms with Gasteiger partial charge in [-0.15, -0.1) is 0 Å². The number of rotatable bonds is 7. The lowest BCUT2D eigenvalue weighted by molar-refractivity contribution is 0.301. The van der Waals surface area contributed by atoms with Crippen molar-refractivity contribution >= 4 is 11.8 Å². The van der Waals surface area contributed by atoms with E-state index in [0.717, 1.165) is 28.5 Å². The molecule has 4 nitrogen and oxygen atoms in total. The van der Waals surface area contributed by atoms with Gasteiger partial charge in [0.05, 0.1) is 6.61 Å². The summed E-state index contributed by atoms with van der Waals surface area (Å²) in [5.74, 6) is 1.01. The summed E-state index contributed by atoms with van der Waals surface area (Å²) in [6.07, 6.45) is 7.24. The predicted molar refractivity (Wildman–Crippen MR) is 94.5 cm³/mol. The van der Waals surface area contributed by atoms with Crippen LogP contribution in [-0.4, -0.2) is 21.7 Å². The number of phenols is 1. The second-order valence-electron chi connectivity index (χ2n) is 5.21. The Morgan fingerprint density at radius 2 is 1.88 bits per heavy atom. The summed E-state index contributed by atoms with van der Waals surface area (Å²) in [5.41, 5.74) is 1.26. The zero-order valence-electron chi connectivity index (χ0n) is 13.1. The van der Waals surface area contributed by atoms with Gasteiger partial charge in [0.1, 0.15) is 10.8 Å². The number of nitrogens with zero attached hydrogens (tertiary/aromatic N) is 2. The monoisotopic (exact) mass is 338 g/mol. The second kappa shape index (κ2) is 8.36. The average Bonchev–Trinajstić information content (AvgIpc) is 2.61. The third-order valence-corrected chi connectivity index (χ3v) is 4.37. The van der Waals surface area contributed by atoms with Crippen LogP contribution in [0.15, 0.2) is 77.0 Å². The number of aromatic hydroxyl groups is 1. The normalized spacial score (nSPS) is 10.5. The van der Waals surface area contributed by atoms with Gasteiger partial charge in [-0.2, -0.15) is 0 Å². The molecular weight excluding hydrogens is 320 g/mol. The van der Waals surface area contributed by atoms with E-state index in [2.05, 4.69) is 9.97 Å². The van der Waals surface area contributed by atoms with E-state index in [-0.39, 0.29) is 5.75 Å². The van der Waals surface area contributed by atoms with Gasteiger partial charge >= 0.3 is 0 Å². The topological polar surface area (TPSA) is 55.2 Å². The number of aromatic nitrogens is 2. The highest BCUT2D eigenvalue weighted by Gasteiger charge is 2.07. The minimum atomic E-state index is 0.246. The highest BCUT2D eigenvalue weighted by Crippen LogP contribution is 2.34. The van der Waals surface area contributed by atoms with Crippen molar-refractivity contribution < 1.29 is 9.84 Å². The summed E-state index contributed by atoms with van der Waals surface area (Å²) in [7, 11) is 0. The lowest BCUT2D eigenvalue weighted by Crippen LogP contribution is -2.01. The molecule has 0 amide bonds. The molecule has 0 atom stereocenters. The maximum Gasteiger partial charge on any atom is 0.151 e. The maximum atomic E-state index is 9.57. The summed E-state index contributed by atoms with van der Waals surface area (Å²) in [5, 5.41) is 10.4. The van der Waals surface area contributed by atoms with Gasteiger partial charge in [-0.25, -0.2) is 4.98 Å². The molecular formula is C19H18N2O2S. The van der Waals surface area contributed by atoms with Crippen molar-refractivity contribution in [2.45, 2.75) is 22.8 Å². The van der Waals surface area contributed by atoms with Crippen LogP contribution in [0.1, 0.15) is 12.0 Å². The van der Waals surface area contributed by atoms with Gasteiger partial charge in [0.2, 0.25) is 0 Å². The lowest BCUT2D eigenvalue weighted by atomic mass is 10.1. The number of hydrogen-bond acceptors (Lipinski definition) is 5. The molecule has 0 saturated heterocycles. The number of hydrogen-bond donors (Lipinski definition) is 1. The van der Waals surface area contributed by atoms with Crippen molar-refractivity contribution in [3.63, 3.8) is 0 Å². The van der Waals surface area contributed by atoms with E-state index >= 15 is 0 Å². The Morgan fingerprint density at radius 3 is 2.71 bits per heavy atom. The van der Waals surface area contributed by atoms with E-state index in [1.165, 1.54) is 17.3 Å². The van der Waals surface area contributed by atoms with Gasteiger partial charge < -0.3 is 9.84 Å². The Balaban J connectivity index is 1.58. The summed E-state index contributed by atoms with van der Waals surface area (Å²) in [6, 6.07) is 14.9. The molecule has 0 aliphatic carbocycles. The van der Waals surface area contributed by atoms with Crippen molar-refractivity contribution in [1.82, 2.24) is 9.97 Å². The molecule has 0 saturated carbocycles. The molecule has 0 aliphatic rings. The quantitative estimate of drug-likeness (QED) is 0.649. The van der Waals surface area contributed by atoms with E-state index in [1.807, 2.05) is 36.4 Å². The van der Waals surface area contributed by atoms with Gasteiger partial charge in [-0.1, -0.05) is 17.8 Å². The van der Waals surface area contributed by atoms with Gasteiger partial charge in [-0.3, -0.25) is 4.98 Å². The van der Waals surface area contributed by atoms with E-state index in [1.54, 1.807) is 30.7 Å². The SMILES string of the molecule is Oc1cccc(Sc2ncccc2OCCCc2ccncc2)c1. The molecule has 0 unspecified atom stereocenters. The van der Waals surface area contributed by atoms with Gasteiger partial charge in [0.25, 0.3) is 0 Å². The molecule has 0 fully saturated rings. The van der Waals surface area contributed by atoms with E-state index in [4.69, 9.17) is 4.74 Å². The van der Waals surface area contributed by atoms with Crippen molar-refractivity contribution in [1.29, 1.82) is 0 Å². The third-order valence-electron chi connectivity index (χ3n) is 3.39. The number of phenolic OH excluding ortho intramolecular Hbond substituents is 1. The number of pyridine rings is 2. The standard InChI is InChI=1S/C19H18N2O2S/c22-16-5-1-6-17(14-16)24-19-18(7-2-10-21-19)23-13-3-4-15-8-11-20-12-9-15/h1-2,5-12,14,22H,3-4,13H2. The summed E-state index contributed by atoms with van der Waals surface area (Å²) < 4.78 is 5.90. The first-order valence-electron chi connectivity index (χ1n) is 7.75. The number of benzene rings is 1. The zero-order valence-corrected chi connectivity index (χ0v) is 13.9. The van der Waals surface area contributed by atoms with Crippen molar-refractivity contribution in [3.8, 4) is 11.5 Å². The molecule has 0 aliphatic heterocycles. The molecule has 0 radical (unpaired) electrons. The van der Waals surface area contributed by atoms with Crippen molar-refractivity contribution in [2.24, 2.45) is 0 Å². The molecule has 122 valence electrons. The Hall–Kier alpha value is -2.53. The predicted octanol–water partition coefficient (Wildman–Crippen LogP) is 4.35. The van der Waals surface area contributed by atoms with Crippen LogP contribution >= 0.6 is 11.8 Å². The Bertz CT molecular complexity index is 781. The second-order valence-corrected chi connectivity index (χ2v) is 6.28. The largest absolute Gasteiger partial charge is 0.508 e. The van der Waals surface area contributed by atoms with Crippen molar-refractivity contribution in [3.05, 3.63) is 72.7 Å². The molecule has 2 heterocycles. The molecule has 3 rings (SSSR count). The molecule has 1 N–H and O–H groups in total. The summed E-state index contributed by atoms with van der Waals surface area (Å²) in [4.78, 5) is 9.33. The van der Waals surface area contributed by atoms with E-state index in [9.17, 15) is 5.11 Å². The van der Waals surface area contributed by atoms with Crippen LogP contribution in [0.5, 0.6) is 11.5 Å². The van der Waals surface area contributed by atoms with E-state index < -0.39 is 0 Å². The third kappa shape index (κ3) is 4.73. The minimum absolute atomic E-state index is 0.246. The fraction of sp³-hybridized carbons (Fsp3) is 0.158. The molecule has 24 heavy (non-hydrogen) atoms. The Morgan fingerprint density at radius 1 is 1.00 bits per heavy atom. The van der Waals surface area contributed by atoms with Crippen LogP contribution in [0, 0.1) is 0 Å². The molecule has 0 spiro atoms. The first-order valence-corrected chi connectivity index (χ1v) is 8.56. The van der Waals surface area contributed by atoms with Crippen LogP contribution < -0.4 is 4.74 Å². The van der Waals surface area contributed by atoms with Crippen LogP contribution in [-0.2, 0) is 6.42 Å². The first kappa shape index (κ1) is 16.3. The van der Waals surface area contributed by atoms with Crippen LogP contribution in [0.3, 0.4) is 0 Å². The molecule has 1 aromatic carbocycles. The highest BCUT2D eigenvalue weighted by atomic mass is 32.2. The van der Waals surface area contributed by atoms with E-state index in [0.29, 0.717) is 6.61 Å². The summed E-state index contributed by atoms with van der Waals surface area (Å²) in [6.45, 7) is 0.627. The Kier molecular flexibility index (Phi) is 5.69. The maximum absolute atomic E-state index is 9.57. The highest BCUT2D eigenvalue weighted by molar-refractivity contribution is 7.99. The number of ether oxygens (including phenoxy) is 1. The molecule has 5 heteroatoms. The summed E-state index contributed by atoms with van der Waals surface area (Å²) >= 11 is 1.48. The molecule has 3 aromatic rings. The number of aryl methyl sites for hydroxylation is 1. The van der Waals surface area contributed by atoms with Crippen LogP contribution in [0.25, 0.3) is 0 Å². The smallest absolute Gasteiger partial charge is 0.151 e. The molecule has 0 bridgehead atoms. The first-order chi connectivity index (χ1) is 11.8. The fourth-order valence-corrected chi connectivity index (χ4v) is 3.12.